The number of amides is 2. The molecule has 0 radical (unpaired) electrons. The lowest BCUT2D eigenvalue weighted by atomic mass is 10.1. The summed E-state index contributed by atoms with van der Waals surface area (Å²) >= 11 is 0. The molecule has 0 saturated heterocycles. The fourth-order valence-corrected chi connectivity index (χ4v) is 2.35. The highest BCUT2D eigenvalue weighted by molar-refractivity contribution is 6.34. The largest absolute Gasteiger partial charge is 0.478 e. The quantitative estimate of drug-likeness (QED) is 0.850. The Kier molecular flexibility index (Phi) is 2.79. The van der Waals surface area contributed by atoms with Crippen LogP contribution in [-0.2, 0) is 0 Å². The molecule has 2 amide bonds. The van der Waals surface area contributed by atoms with Crippen LogP contribution in [-0.4, -0.2) is 27.9 Å². The lowest BCUT2D eigenvalue weighted by molar-refractivity contribution is 0.0695. The second-order valence-electron chi connectivity index (χ2n) is 4.67. The first-order valence-corrected chi connectivity index (χ1v) is 6.17. The monoisotopic (exact) mass is 282 g/mol. The number of carboxylic acid groups (broad SMARTS) is 1. The van der Waals surface area contributed by atoms with Crippen molar-refractivity contribution in [3.05, 3.63) is 58.9 Å². The van der Waals surface area contributed by atoms with Crippen molar-refractivity contribution in [3.63, 3.8) is 0 Å². The molecule has 0 atom stereocenters. The van der Waals surface area contributed by atoms with Gasteiger partial charge < -0.3 is 5.11 Å². The average molecular weight is 282 g/mol. The number of pyridine rings is 1. The third-order valence-electron chi connectivity index (χ3n) is 3.39. The second kappa shape index (κ2) is 4.52. The van der Waals surface area contributed by atoms with Crippen molar-refractivity contribution in [1.82, 2.24) is 4.98 Å². The Labute approximate surface area is 119 Å². The van der Waals surface area contributed by atoms with Gasteiger partial charge in [0.15, 0.2) is 0 Å². The molecule has 1 aromatic heterocycles. The highest BCUT2D eigenvalue weighted by Gasteiger charge is 2.36. The minimum atomic E-state index is -1.05. The van der Waals surface area contributed by atoms with Crippen LogP contribution in [0, 0.1) is 6.92 Å². The molecule has 6 heteroatoms. The van der Waals surface area contributed by atoms with Crippen LogP contribution in [0.5, 0.6) is 0 Å². The number of carbonyl (C=O) groups excluding carboxylic acids is 2. The molecule has 1 N–H and O–H groups in total. The second-order valence-corrected chi connectivity index (χ2v) is 4.67. The molecule has 21 heavy (non-hydrogen) atoms. The first kappa shape index (κ1) is 13.0. The van der Waals surface area contributed by atoms with E-state index in [1.165, 1.54) is 36.7 Å². The number of hydrogen-bond acceptors (Lipinski definition) is 4. The molecule has 0 saturated carbocycles. The van der Waals surface area contributed by atoms with Gasteiger partial charge in [0.2, 0.25) is 0 Å². The smallest absolute Gasteiger partial charge is 0.335 e. The topological polar surface area (TPSA) is 87.6 Å². The van der Waals surface area contributed by atoms with Crippen LogP contribution in [0.4, 0.5) is 5.69 Å². The van der Waals surface area contributed by atoms with Crippen molar-refractivity contribution >= 4 is 23.5 Å². The van der Waals surface area contributed by atoms with Gasteiger partial charge in [-0.15, -0.1) is 0 Å². The summed E-state index contributed by atoms with van der Waals surface area (Å²) in [7, 11) is 0. The lowest BCUT2D eigenvalue weighted by Crippen LogP contribution is -2.29. The number of anilines is 1. The number of benzene rings is 1. The Bertz CT molecular complexity index is 763. The standard InChI is InChI=1S/C15H10N2O4/c1-8-6-9(2-3-10(8)15(20)21)17-13(18)11-4-5-16-7-12(11)14(17)19/h2-7H,1H3,(H,20,21). The van der Waals surface area contributed by atoms with Crippen LogP contribution in [0.15, 0.2) is 36.7 Å². The predicted molar refractivity (Wildman–Crippen MR) is 73.5 cm³/mol. The fraction of sp³-hybridized carbons (Fsp3) is 0.0667. The number of carbonyl (C=O) groups is 3. The van der Waals surface area contributed by atoms with Gasteiger partial charge in [0.05, 0.1) is 22.4 Å². The summed E-state index contributed by atoms with van der Waals surface area (Å²) in [6.07, 6.45) is 2.81. The van der Waals surface area contributed by atoms with E-state index >= 15 is 0 Å². The summed E-state index contributed by atoms with van der Waals surface area (Å²) in [6, 6.07) is 5.84. The molecule has 2 aromatic rings. The maximum atomic E-state index is 12.3. The summed E-state index contributed by atoms with van der Waals surface area (Å²) in [6.45, 7) is 1.62. The van der Waals surface area contributed by atoms with Gasteiger partial charge in [0.1, 0.15) is 0 Å². The Hall–Kier alpha value is -3.02. The molecule has 6 nitrogen and oxygen atoms in total. The molecule has 1 aliphatic rings. The summed E-state index contributed by atoms with van der Waals surface area (Å²) in [5, 5.41) is 9.01. The SMILES string of the molecule is Cc1cc(N2C(=O)c3ccncc3C2=O)ccc1C(=O)O. The van der Waals surface area contributed by atoms with Crippen LogP contribution < -0.4 is 4.90 Å². The van der Waals surface area contributed by atoms with E-state index in [0.717, 1.165) is 4.90 Å². The molecule has 0 unspecified atom stereocenters. The molecular weight excluding hydrogens is 272 g/mol. The number of imide groups is 1. The average Bonchev–Trinajstić information content (AvgIpc) is 2.71. The highest BCUT2D eigenvalue weighted by Crippen LogP contribution is 2.29. The molecule has 2 heterocycles. The Morgan fingerprint density at radius 3 is 2.48 bits per heavy atom. The van der Waals surface area contributed by atoms with Gasteiger partial charge in [-0.05, 0) is 36.8 Å². The van der Waals surface area contributed by atoms with Crippen molar-refractivity contribution in [1.29, 1.82) is 0 Å². The number of aromatic nitrogens is 1. The summed E-state index contributed by atoms with van der Waals surface area (Å²) in [4.78, 5) is 40.5. The molecule has 0 aliphatic carbocycles. The van der Waals surface area contributed by atoms with E-state index < -0.39 is 17.8 Å². The fourth-order valence-electron chi connectivity index (χ4n) is 2.35. The maximum absolute atomic E-state index is 12.3. The van der Waals surface area contributed by atoms with E-state index in [1.807, 2.05) is 0 Å². The molecule has 1 aromatic carbocycles. The summed E-state index contributed by atoms with van der Waals surface area (Å²) in [5.41, 5.74) is 1.52. The zero-order valence-corrected chi connectivity index (χ0v) is 11.0. The zero-order chi connectivity index (χ0) is 15.1. The summed E-state index contributed by atoms with van der Waals surface area (Å²) < 4.78 is 0. The Balaban J connectivity index is 2.07. The number of fused-ring (bicyclic) bond motifs is 1. The first-order chi connectivity index (χ1) is 10.0. The Morgan fingerprint density at radius 2 is 1.86 bits per heavy atom. The van der Waals surface area contributed by atoms with E-state index in [0.29, 0.717) is 16.8 Å². The van der Waals surface area contributed by atoms with Crippen LogP contribution in [0.25, 0.3) is 0 Å². The number of carboxylic acids is 1. The van der Waals surface area contributed by atoms with Crippen LogP contribution >= 0.6 is 0 Å². The van der Waals surface area contributed by atoms with Crippen LogP contribution in [0.2, 0.25) is 0 Å². The minimum Gasteiger partial charge on any atom is -0.478 e. The van der Waals surface area contributed by atoms with Gasteiger partial charge in [-0.3, -0.25) is 14.6 Å². The molecule has 0 bridgehead atoms. The minimum absolute atomic E-state index is 0.136. The van der Waals surface area contributed by atoms with E-state index in [-0.39, 0.29) is 11.1 Å². The molecule has 0 fully saturated rings. The van der Waals surface area contributed by atoms with Gasteiger partial charge in [0.25, 0.3) is 11.8 Å². The molecule has 104 valence electrons. The van der Waals surface area contributed by atoms with Crippen molar-refractivity contribution < 1.29 is 19.5 Å². The third kappa shape index (κ3) is 1.88. The Morgan fingerprint density at radius 1 is 1.14 bits per heavy atom. The third-order valence-corrected chi connectivity index (χ3v) is 3.39. The van der Waals surface area contributed by atoms with E-state index in [1.54, 1.807) is 6.92 Å². The van der Waals surface area contributed by atoms with Gasteiger partial charge in [-0.2, -0.15) is 0 Å². The highest BCUT2D eigenvalue weighted by atomic mass is 16.4. The van der Waals surface area contributed by atoms with Crippen molar-refractivity contribution in [3.8, 4) is 0 Å². The van der Waals surface area contributed by atoms with Gasteiger partial charge in [-0.25, -0.2) is 9.69 Å². The predicted octanol–water partition coefficient (Wildman–Crippen LogP) is 1.89. The number of nitrogens with zero attached hydrogens (tertiary/aromatic N) is 2. The molecular formula is C15H10N2O4. The van der Waals surface area contributed by atoms with E-state index in [2.05, 4.69) is 4.98 Å². The first-order valence-electron chi connectivity index (χ1n) is 6.17. The number of rotatable bonds is 2. The van der Waals surface area contributed by atoms with Crippen LogP contribution in [0.3, 0.4) is 0 Å². The molecule has 1 aliphatic heterocycles. The normalized spacial score (nSPS) is 13.5. The van der Waals surface area contributed by atoms with Crippen molar-refractivity contribution in [2.24, 2.45) is 0 Å². The molecule has 0 spiro atoms. The zero-order valence-electron chi connectivity index (χ0n) is 11.0. The molecule has 3 rings (SSSR count). The van der Waals surface area contributed by atoms with Crippen LogP contribution in [0.1, 0.15) is 36.6 Å². The van der Waals surface area contributed by atoms with Gasteiger partial charge in [-0.1, -0.05) is 0 Å². The lowest BCUT2D eigenvalue weighted by Gasteiger charge is -2.15. The maximum Gasteiger partial charge on any atom is 0.335 e. The summed E-state index contributed by atoms with van der Waals surface area (Å²) in [5.74, 6) is -1.93. The van der Waals surface area contributed by atoms with E-state index in [4.69, 9.17) is 5.11 Å². The van der Waals surface area contributed by atoms with Crippen molar-refractivity contribution in [2.75, 3.05) is 4.90 Å². The van der Waals surface area contributed by atoms with E-state index in [9.17, 15) is 14.4 Å². The van der Waals surface area contributed by atoms with Crippen molar-refractivity contribution in [2.45, 2.75) is 6.92 Å². The number of aromatic carboxylic acids is 1. The van der Waals surface area contributed by atoms with Gasteiger partial charge >= 0.3 is 5.97 Å². The number of aryl methyl sites for hydroxylation is 1. The number of hydrogen-bond donors (Lipinski definition) is 1. The van der Waals surface area contributed by atoms with Gasteiger partial charge in [0, 0.05) is 12.4 Å².